The van der Waals surface area contributed by atoms with Crippen molar-refractivity contribution in [1.29, 1.82) is 0 Å². The maximum Gasteiger partial charge on any atom is 0.222 e. The molecular formula is C27H33N5O3. The Bertz CT molecular complexity index is 1060. The summed E-state index contributed by atoms with van der Waals surface area (Å²) in [6, 6.07) is 17.9. The highest BCUT2D eigenvalue weighted by atomic mass is 16.5. The Hall–Kier alpha value is -3.49. The van der Waals surface area contributed by atoms with E-state index in [1.54, 1.807) is 7.11 Å². The van der Waals surface area contributed by atoms with Crippen LogP contribution in [0.5, 0.6) is 5.75 Å². The molecule has 8 nitrogen and oxygen atoms in total. The second kappa shape index (κ2) is 12.8. The molecule has 0 radical (unpaired) electrons. The molecular weight excluding hydrogens is 442 g/mol. The molecule has 1 aliphatic rings. The first-order chi connectivity index (χ1) is 17.2. The van der Waals surface area contributed by atoms with Crippen LogP contribution in [0.3, 0.4) is 0 Å². The lowest BCUT2D eigenvalue weighted by molar-refractivity contribution is -0.122. The predicted molar refractivity (Wildman–Crippen MR) is 136 cm³/mol. The summed E-state index contributed by atoms with van der Waals surface area (Å²) in [7, 11) is 1.64. The van der Waals surface area contributed by atoms with Gasteiger partial charge in [0.05, 0.1) is 19.4 Å². The van der Waals surface area contributed by atoms with Crippen molar-refractivity contribution in [2.45, 2.75) is 25.4 Å². The number of hydrogen-bond acceptors (Lipinski definition) is 7. The monoisotopic (exact) mass is 475 g/mol. The lowest BCUT2D eigenvalue weighted by atomic mass is 10.1. The fraction of sp³-hybridized carbons (Fsp3) is 0.370. The topological polar surface area (TPSA) is 88.6 Å². The van der Waals surface area contributed by atoms with Gasteiger partial charge in [-0.05, 0) is 48.4 Å². The Morgan fingerprint density at radius 1 is 1.09 bits per heavy atom. The van der Waals surface area contributed by atoms with Crippen molar-refractivity contribution in [2.75, 3.05) is 44.9 Å². The molecule has 3 heterocycles. The molecule has 184 valence electrons. The van der Waals surface area contributed by atoms with E-state index in [2.05, 4.69) is 31.6 Å². The summed E-state index contributed by atoms with van der Waals surface area (Å²) < 4.78 is 10.9. The summed E-state index contributed by atoms with van der Waals surface area (Å²) in [5.74, 6) is 1.75. The van der Waals surface area contributed by atoms with E-state index in [-0.39, 0.29) is 5.91 Å². The fourth-order valence-electron chi connectivity index (χ4n) is 4.11. The van der Waals surface area contributed by atoms with Crippen molar-refractivity contribution in [3.05, 3.63) is 72.6 Å². The summed E-state index contributed by atoms with van der Waals surface area (Å²) in [6.07, 6.45) is 4.86. The molecule has 2 N–H and O–H groups in total. The number of pyridine rings is 2. The molecule has 3 aromatic rings. The summed E-state index contributed by atoms with van der Waals surface area (Å²) in [4.78, 5) is 23.6. The highest BCUT2D eigenvalue weighted by Crippen LogP contribution is 2.27. The number of rotatable bonds is 11. The molecule has 1 aromatic carbocycles. The number of nitrogens with one attached hydrogen (secondary N) is 2. The van der Waals surface area contributed by atoms with Crippen molar-refractivity contribution in [1.82, 2.24) is 20.6 Å². The first-order valence-electron chi connectivity index (χ1n) is 12.0. The van der Waals surface area contributed by atoms with Crippen LogP contribution in [0.4, 0.5) is 5.82 Å². The lowest BCUT2D eigenvalue weighted by Crippen LogP contribution is -2.51. The maximum absolute atomic E-state index is 12.1. The van der Waals surface area contributed by atoms with Gasteiger partial charge in [0.15, 0.2) is 0 Å². The van der Waals surface area contributed by atoms with Crippen LogP contribution in [0.2, 0.25) is 0 Å². The van der Waals surface area contributed by atoms with E-state index in [1.165, 1.54) is 0 Å². The molecule has 1 unspecified atom stereocenters. The minimum absolute atomic E-state index is 0.0139. The van der Waals surface area contributed by atoms with Crippen molar-refractivity contribution in [2.24, 2.45) is 0 Å². The van der Waals surface area contributed by atoms with Gasteiger partial charge in [-0.2, -0.15) is 0 Å². The average Bonchev–Trinajstić information content (AvgIpc) is 2.92. The number of piperazine rings is 1. The predicted octanol–water partition coefficient (Wildman–Crippen LogP) is 3.04. The molecule has 35 heavy (non-hydrogen) atoms. The van der Waals surface area contributed by atoms with Crippen LogP contribution in [-0.4, -0.2) is 61.9 Å². The molecule has 1 aliphatic heterocycles. The van der Waals surface area contributed by atoms with Crippen LogP contribution in [0.1, 0.15) is 18.4 Å². The molecule has 0 saturated carbocycles. The van der Waals surface area contributed by atoms with Crippen LogP contribution in [0.15, 0.2) is 67.0 Å². The highest BCUT2D eigenvalue weighted by Gasteiger charge is 2.22. The van der Waals surface area contributed by atoms with Crippen LogP contribution in [0.25, 0.3) is 11.3 Å². The third-order valence-corrected chi connectivity index (χ3v) is 6.02. The first kappa shape index (κ1) is 24.6. The van der Waals surface area contributed by atoms with Crippen molar-refractivity contribution < 1.29 is 14.3 Å². The second-order valence-corrected chi connectivity index (χ2v) is 8.46. The second-order valence-electron chi connectivity index (χ2n) is 8.46. The number of ether oxygens (including phenoxy) is 2. The number of hydrogen-bond donors (Lipinski definition) is 2. The molecule has 0 bridgehead atoms. The zero-order chi connectivity index (χ0) is 24.3. The summed E-state index contributed by atoms with van der Waals surface area (Å²) in [6.45, 7) is 4.14. The van der Waals surface area contributed by atoms with E-state index in [0.717, 1.165) is 54.4 Å². The standard InChI is InChI=1S/C27H33N5O3/c1-34-23-9-7-21(8-10-23)19-31-26(33)12-18-35-17-11-22-20-32(16-15-28-22)27-24(5-4-14-30-27)25-6-2-3-13-29-25/h2-10,13-14,22,28H,11-12,15-20H2,1H3,(H,31,33). The maximum atomic E-state index is 12.1. The van der Waals surface area contributed by atoms with Gasteiger partial charge in [0.1, 0.15) is 11.6 Å². The largest absolute Gasteiger partial charge is 0.497 e. The van der Waals surface area contributed by atoms with E-state index in [4.69, 9.17) is 9.47 Å². The number of anilines is 1. The molecule has 1 saturated heterocycles. The van der Waals surface area contributed by atoms with E-state index in [1.807, 2.05) is 60.9 Å². The number of aromatic nitrogens is 2. The third kappa shape index (κ3) is 7.24. The van der Waals surface area contributed by atoms with Gasteiger partial charge in [-0.25, -0.2) is 4.98 Å². The van der Waals surface area contributed by atoms with E-state index in [0.29, 0.717) is 32.2 Å². The van der Waals surface area contributed by atoms with Gasteiger partial charge in [-0.1, -0.05) is 18.2 Å². The fourth-order valence-corrected chi connectivity index (χ4v) is 4.11. The molecule has 8 heteroatoms. The highest BCUT2D eigenvalue weighted by molar-refractivity contribution is 5.76. The Labute approximate surface area is 206 Å². The van der Waals surface area contributed by atoms with Gasteiger partial charge in [0.2, 0.25) is 5.91 Å². The summed E-state index contributed by atoms with van der Waals surface area (Å²) in [5.41, 5.74) is 3.01. The third-order valence-electron chi connectivity index (χ3n) is 6.02. The van der Waals surface area contributed by atoms with Gasteiger partial charge in [-0.15, -0.1) is 0 Å². The van der Waals surface area contributed by atoms with Crippen LogP contribution in [0, 0.1) is 0 Å². The number of carbonyl (C=O) groups excluding carboxylic acids is 1. The van der Waals surface area contributed by atoms with Crippen LogP contribution >= 0.6 is 0 Å². The number of amides is 1. The minimum atomic E-state index is -0.0139. The van der Waals surface area contributed by atoms with Gasteiger partial charge < -0.3 is 25.0 Å². The SMILES string of the molecule is COc1ccc(CNC(=O)CCOCCC2CN(c3ncccc3-c3ccccn3)CCN2)cc1. The Kier molecular flexibility index (Phi) is 9.03. The smallest absolute Gasteiger partial charge is 0.222 e. The summed E-state index contributed by atoms with van der Waals surface area (Å²) in [5, 5.41) is 6.50. The quantitative estimate of drug-likeness (QED) is 0.412. The molecule has 1 amide bonds. The zero-order valence-corrected chi connectivity index (χ0v) is 20.2. The van der Waals surface area contributed by atoms with Gasteiger partial charge in [0.25, 0.3) is 0 Å². The van der Waals surface area contributed by atoms with Crippen molar-refractivity contribution in [3.63, 3.8) is 0 Å². The van der Waals surface area contributed by atoms with Crippen LogP contribution < -0.4 is 20.3 Å². The Morgan fingerprint density at radius 3 is 2.74 bits per heavy atom. The molecule has 4 rings (SSSR count). The van der Waals surface area contributed by atoms with E-state index >= 15 is 0 Å². The zero-order valence-electron chi connectivity index (χ0n) is 20.2. The molecule has 2 aromatic heterocycles. The van der Waals surface area contributed by atoms with E-state index in [9.17, 15) is 4.79 Å². The normalized spacial score (nSPS) is 15.6. The van der Waals surface area contributed by atoms with Gasteiger partial charge in [0, 0.05) is 63.2 Å². The average molecular weight is 476 g/mol. The molecule has 0 spiro atoms. The first-order valence-corrected chi connectivity index (χ1v) is 12.0. The lowest BCUT2D eigenvalue weighted by Gasteiger charge is -2.35. The molecule has 1 atom stereocenters. The number of nitrogens with zero attached hydrogens (tertiary/aromatic N) is 3. The van der Waals surface area contributed by atoms with Crippen molar-refractivity contribution in [3.8, 4) is 17.0 Å². The van der Waals surface area contributed by atoms with Crippen molar-refractivity contribution >= 4 is 11.7 Å². The van der Waals surface area contributed by atoms with Crippen LogP contribution in [-0.2, 0) is 16.1 Å². The molecule has 1 fully saturated rings. The van der Waals surface area contributed by atoms with Gasteiger partial charge >= 0.3 is 0 Å². The van der Waals surface area contributed by atoms with E-state index < -0.39 is 0 Å². The summed E-state index contributed by atoms with van der Waals surface area (Å²) >= 11 is 0. The molecule has 0 aliphatic carbocycles. The Morgan fingerprint density at radius 2 is 1.94 bits per heavy atom. The number of benzene rings is 1. The number of methoxy groups -OCH3 is 1. The minimum Gasteiger partial charge on any atom is -0.497 e. The Balaban J connectivity index is 1.17. The van der Waals surface area contributed by atoms with Gasteiger partial charge in [-0.3, -0.25) is 9.78 Å². The number of carbonyl (C=O) groups is 1.